The van der Waals surface area contributed by atoms with Crippen LogP contribution in [0.3, 0.4) is 0 Å². The highest BCUT2D eigenvalue weighted by atomic mass is 32.2. The Bertz CT molecular complexity index is 484. The van der Waals surface area contributed by atoms with Gasteiger partial charge in [0.2, 0.25) is 10.0 Å². The first kappa shape index (κ1) is 12.3. The van der Waals surface area contributed by atoms with E-state index >= 15 is 0 Å². The van der Waals surface area contributed by atoms with Crippen molar-refractivity contribution in [2.75, 3.05) is 0 Å². The molecule has 0 aromatic heterocycles. The normalized spacial score (nSPS) is 24.8. The fraction of sp³-hybridized carbons (Fsp3) is 0.455. The molecule has 1 fully saturated rings. The zero-order valence-electron chi connectivity index (χ0n) is 9.37. The van der Waals surface area contributed by atoms with Gasteiger partial charge in [-0.3, -0.25) is 0 Å². The SMILES string of the molecule is NC1CCC(Oc2ccc(S(N)(=O)=O)cc2)C1. The molecule has 5 nitrogen and oxygen atoms in total. The molecule has 0 heterocycles. The number of primary sulfonamides is 1. The van der Waals surface area contributed by atoms with Crippen LogP contribution in [0, 0.1) is 0 Å². The molecule has 1 aromatic rings. The van der Waals surface area contributed by atoms with Gasteiger partial charge in [-0.25, -0.2) is 13.6 Å². The molecule has 6 heteroatoms. The van der Waals surface area contributed by atoms with Crippen molar-refractivity contribution >= 4 is 10.0 Å². The van der Waals surface area contributed by atoms with Gasteiger partial charge in [0, 0.05) is 6.04 Å². The molecule has 1 aromatic carbocycles. The molecule has 1 aliphatic rings. The minimum atomic E-state index is -3.63. The molecule has 1 saturated carbocycles. The van der Waals surface area contributed by atoms with E-state index in [4.69, 9.17) is 15.6 Å². The van der Waals surface area contributed by atoms with Crippen molar-refractivity contribution in [1.82, 2.24) is 0 Å². The van der Waals surface area contributed by atoms with E-state index in [1.807, 2.05) is 0 Å². The van der Waals surface area contributed by atoms with Crippen molar-refractivity contribution < 1.29 is 13.2 Å². The Hall–Kier alpha value is -1.11. The highest BCUT2D eigenvalue weighted by molar-refractivity contribution is 7.89. The third-order valence-electron chi connectivity index (χ3n) is 2.88. The van der Waals surface area contributed by atoms with Crippen LogP contribution in [-0.2, 0) is 10.0 Å². The quantitative estimate of drug-likeness (QED) is 0.827. The summed E-state index contributed by atoms with van der Waals surface area (Å²) in [5, 5.41) is 5.00. The zero-order valence-corrected chi connectivity index (χ0v) is 10.2. The molecule has 2 atom stereocenters. The third-order valence-corrected chi connectivity index (χ3v) is 3.81. The van der Waals surface area contributed by atoms with Gasteiger partial charge in [0.25, 0.3) is 0 Å². The van der Waals surface area contributed by atoms with Crippen LogP contribution >= 0.6 is 0 Å². The Morgan fingerprint density at radius 1 is 1.18 bits per heavy atom. The van der Waals surface area contributed by atoms with Crippen molar-refractivity contribution in [3.05, 3.63) is 24.3 Å². The van der Waals surface area contributed by atoms with Gasteiger partial charge in [-0.15, -0.1) is 0 Å². The summed E-state index contributed by atoms with van der Waals surface area (Å²) in [5.41, 5.74) is 5.78. The number of rotatable bonds is 3. The van der Waals surface area contributed by atoms with Crippen LogP contribution in [0.4, 0.5) is 0 Å². The number of nitrogens with two attached hydrogens (primary N) is 2. The second-order valence-electron chi connectivity index (χ2n) is 4.33. The molecule has 0 spiro atoms. The summed E-state index contributed by atoms with van der Waals surface area (Å²) in [5.74, 6) is 0.650. The van der Waals surface area contributed by atoms with E-state index in [-0.39, 0.29) is 17.0 Å². The van der Waals surface area contributed by atoms with E-state index in [1.54, 1.807) is 12.1 Å². The second kappa shape index (κ2) is 4.64. The van der Waals surface area contributed by atoms with Gasteiger partial charge in [-0.05, 0) is 43.5 Å². The lowest BCUT2D eigenvalue weighted by Gasteiger charge is -2.13. The largest absolute Gasteiger partial charge is 0.490 e. The lowest BCUT2D eigenvalue weighted by atomic mass is 10.3. The molecular weight excluding hydrogens is 240 g/mol. The Morgan fingerprint density at radius 3 is 2.29 bits per heavy atom. The number of benzene rings is 1. The molecule has 0 radical (unpaired) electrons. The first-order valence-electron chi connectivity index (χ1n) is 5.50. The summed E-state index contributed by atoms with van der Waals surface area (Å²) >= 11 is 0. The maximum Gasteiger partial charge on any atom is 0.238 e. The minimum Gasteiger partial charge on any atom is -0.490 e. The molecule has 1 aliphatic carbocycles. The molecule has 0 saturated heterocycles. The van der Waals surface area contributed by atoms with Crippen LogP contribution in [0.1, 0.15) is 19.3 Å². The fourth-order valence-electron chi connectivity index (χ4n) is 1.98. The Morgan fingerprint density at radius 2 is 1.82 bits per heavy atom. The van der Waals surface area contributed by atoms with Crippen molar-refractivity contribution in [1.29, 1.82) is 0 Å². The molecule has 17 heavy (non-hydrogen) atoms. The van der Waals surface area contributed by atoms with Gasteiger partial charge in [-0.2, -0.15) is 0 Å². The minimum absolute atomic E-state index is 0.0907. The van der Waals surface area contributed by atoms with Crippen LogP contribution in [0.5, 0.6) is 5.75 Å². The Balaban J connectivity index is 2.04. The van der Waals surface area contributed by atoms with Crippen LogP contribution in [-0.4, -0.2) is 20.6 Å². The molecular formula is C11H16N2O3S. The van der Waals surface area contributed by atoms with Gasteiger partial charge in [0.15, 0.2) is 0 Å². The topological polar surface area (TPSA) is 95.4 Å². The summed E-state index contributed by atoms with van der Waals surface area (Å²) in [6.07, 6.45) is 2.89. The third kappa shape index (κ3) is 3.18. The van der Waals surface area contributed by atoms with Crippen LogP contribution in [0.2, 0.25) is 0 Å². The lowest BCUT2D eigenvalue weighted by molar-refractivity contribution is 0.208. The maximum atomic E-state index is 11.1. The molecule has 0 bridgehead atoms. The zero-order chi connectivity index (χ0) is 12.5. The first-order valence-corrected chi connectivity index (χ1v) is 7.05. The average molecular weight is 256 g/mol. The highest BCUT2D eigenvalue weighted by Gasteiger charge is 2.23. The van der Waals surface area contributed by atoms with Crippen LogP contribution in [0.15, 0.2) is 29.2 Å². The number of hydrogen-bond donors (Lipinski definition) is 2. The van der Waals surface area contributed by atoms with E-state index in [9.17, 15) is 8.42 Å². The van der Waals surface area contributed by atoms with E-state index in [1.165, 1.54) is 12.1 Å². The van der Waals surface area contributed by atoms with Gasteiger partial charge in [0.05, 0.1) is 4.90 Å². The molecule has 0 amide bonds. The highest BCUT2D eigenvalue weighted by Crippen LogP contribution is 2.24. The number of hydrogen-bond acceptors (Lipinski definition) is 4. The summed E-state index contributed by atoms with van der Waals surface area (Å²) in [6.45, 7) is 0. The molecule has 94 valence electrons. The van der Waals surface area contributed by atoms with E-state index in [0.717, 1.165) is 19.3 Å². The summed E-state index contributed by atoms with van der Waals surface area (Å²) in [6, 6.07) is 6.33. The van der Waals surface area contributed by atoms with Gasteiger partial charge >= 0.3 is 0 Å². The summed E-state index contributed by atoms with van der Waals surface area (Å²) in [4.78, 5) is 0.0907. The van der Waals surface area contributed by atoms with Crippen molar-refractivity contribution in [2.45, 2.75) is 36.3 Å². The Kier molecular flexibility index (Phi) is 3.37. The number of sulfonamides is 1. The van der Waals surface area contributed by atoms with E-state index in [0.29, 0.717) is 5.75 Å². The number of ether oxygens (including phenoxy) is 1. The van der Waals surface area contributed by atoms with Crippen molar-refractivity contribution in [2.24, 2.45) is 10.9 Å². The van der Waals surface area contributed by atoms with Gasteiger partial charge < -0.3 is 10.5 Å². The second-order valence-corrected chi connectivity index (χ2v) is 5.89. The predicted octanol–water partition coefficient (Wildman–Crippen LogP) is 0.593. The molecule has 4 N–H and O–H groups in total. The molecule has 2 rings (SSSR count). The van der Waals surface area contributed by atoms with Crippen LogP contribution in [0.25, 0.3) is 0 Å². The molecule has 0 aliphatic heterocycles. The lowest BCUT2D eigenvalue weighted by Crippen LogP contribution is -2.19. The average Bonchev–Trinajstić information content (AvgIpc) is 2.63. The smallest absolute Gasteiger partial charge is 0.238 e. The summed E-state index contributed by atoms with van der Waals surface area (Å²) < 4.78 is 27.8. The summed E-state index contributed by atoms with van der Waals surface area (Å²) in [7, 11) is -3.63. The van der Waals surface area contributed by atoms with Gasteiger partial charge in [0.1, 0.15) is 11.9 Å². The van der Waals surface area contributed by atoms with Gasteiger partial charge in [-0.1, -0.05) is 0 Å². The van der Waals surface area contributed by atoms with Crippen LogP contribution < -0.4 is 15.6 Å². The Labute approximate surface area is 101 Å². The monoisotopic (exact) mass is 256 g/mol. The van der Waals surface area contributed by atoms with Crippen molar-refractivity contribution in [3.8, 4) is 5.75 Å². The predicted molar refractivity (Wildman–Crippen MR) is 64.1 cm³/mol. The molecule has 2 unspecified atom stereocenters. The maximum absolute atomic E-state index is 11.1. The standard InChI is InChI=1S/C11H16N2O3S/c12-8-1-2-10(7-8)16-9-3-5-11(6-4-9)17(13,14)15/h3-6,8,10H,1-2,7,12H2,(H2,13,14,15). The van der Waals surface area contributed by atoms with Crippen molar-refractivity contribution in [3.63, 3.8) is 0 Å². The van der Waals surface area contributed by atoms with E-state index < -0.39 is 10.0 Å². The van der Waals surface area contributed by atoms with E-state index in [2.05, 4.69) is 0 Å². The fourth-order valence-corrected chi connectivity index (χ4v) is 2.50. The first-order chi connectivity index (χ1) is 7.95.